The average molecular weight is 410 g/mol. The molecule has 2 aromatic carbocycles. The third-order valence-corrected chi connectivity index (χ3v) is 4.89. The predicted molar refractivity (Wildman–Crippen MR) is 116 cm³/mol. The second kappa shape index (κ2) is 8.49. The van der Waals surface area contributed by atoms with Crippen LogP contribution in [-0.2, 0) is 4.79 Å². The first-order chi connectivity index (χ1) is 14.3. The molecule has 0 saturated heterocycles. The molecule has 7 heteroatoms. The number of nitrogens with zero attached hydrogens (tertiary/aromatic N) is 1. The number of amides is 2. The van der Waals surface area contributed by atoms with E-state index in [1.807, 2.05) is 13.8 Å². The molecular formula is C23H26N2O5. The fraction of sp³-hybridized carbons (Fsp3) is 0.304. The molecule has 0 bridgehead atoms. The molecule has 1 heterocycles. The highest BCUT2D eigenvalue weighted by atomic mass is 16.5. The molecule has 0 radical (unpaired) electrons. The highest BCUT2D eigenvalue weighted by Crippen LogP contribution is 2.38. The van der Waals surface area contributed by atoms with E-state index in [-0.39, 0.29) is 18.4 Å². The zero-order valence-electron chi connectivity index (χ0n) is 17.7. The van der Waals surface area contributed by atoms with Crippen molar-refractivity contribution in [2.45, 2.75) is 13.8 Å². The zero-order valence-corrected chi connectivity index (χ0v) is 17.7. The molecule has 1 aliphatic heterocycles. The highest BCUT2D eigenvalue weighted by molar-refractivity contribution is 6.07. The number of methoxy groups -OCH3 is 2. The third-order valence-electron chi connectivity index (χ3n) is 4.89. The summed E-state index contributed by atoms with van der Waals surface area (Å²) in [5.74, 6) is 1.15. The van der Waals surface area contributed by atoms with Crippen LogP contribution in [0.2, 0.25) is 0 Å². The maximum atomic E-state index is 12.9. The minimum atomic E-state index is -0.679. The van der Waals surface area contributed by atoms with E-state index in [1.54, 1.807) is 54.5 Å². The van der Waals surface area contributed by atoms with Crippen LogP contribution in [-0.4, -0.2) is 39.2 Å². The Balaban J connectivity index is 1.90. The first-order valence-corrected chi connectivity index (χ1v) is 9.54. The lowest BCUT2D eigenvalue weighted by atomic mass is 9.93. The fourth-order valence-electron chi connectivity index (χ4n) is 3.22. The lowest BCUT2D eigenvalue weighted by Crippen LogP contribution is -2.42. The van der Waals surface area contributed by atoms with Crippen LogP contribution in [0.1, 0.15) is 24.2 Å². The van der Waals surface area contributed by atoms with Crippen molar-refractivity contribution in [1.29, 1.82) is 0 Å². The van der Waals surface area contributed by atoms with Gasteiger partial charge in [-0.15, -0.1) is 6.58 Å². The van der Waals surface area contributed by atoms with Gasteiger partial charge in [-0.2, -0.15) is 0 Å². The second-order valence-electron chi connectivity index (χ2n) is 7.58. The molecule has 158 valence electrons. The number of hydrogen-bond donors (Lipinski definition) is 1. The number of fused-ring (bicyclic) bond motifs is 1. The van der Waals surface area contributed by atoms with Gasteiger partial charge in [-0.3, -0.25) is 9.59 Å². The molecule has 0 unspecified atom stereocenters. The third kappa shape index (κ3) is 4.10. The first kappa shape index (κ1) is 21.2. The number of carbonyl (C=O) groups is 2. The molecule has 0 fully saturated rings. The Kier molecular flexibility index (Phi) is 6.01. The van der Waals surface area contributed by atoms with Crippen LogP contribution >= 0.6 is 0 Å². The molecule has 3 rings (SSSR count). The summed E-state index contributed by atoms with van der Waals surface area (Å²) in [6, 6.07) is 10.2. The van der Waals surface area contributed by atoms with Crippen molar-refractivity contribution < 1.29 is 23.8 Å². The lowest BCUT2D eigenvalue weighted by molar-refractivity contribution is -0.127. The Labute approximate surface area is 176 Å². The van der Waals surface area contributed by atoms with Crippen LogP contribution in [0.3, 0.4) is 0 Å². The molecule has 2 amide bonds. The van der Waals surface area contributed by atoms with Crippen molar-refractivity contribution in [2.24, 2.45) is 5.41 Å². The van der Waals surface area contributed by atoms with Gasteiger partial charge in [0, 0.05) is 24.4 Å². The lowest BCUT2D eigenvalue weighted by Gasteiger charge is -2.27. The normalized spacial score (nSPS) is 14.8. The molecule has 1 N–H and O–H groups in total. The van der Waals surface area contributed by atoms with Gasteiger partial charge in [0.15, 0.2) is 0 Å². The van der Waals surface area contributed by atoms with Gasteiger partial charge in [0.05, 0.1) is 30.9 Å². The quantitative estimate of drug-likeness (QED) is 0.731. The van der Waals surface area contributed by atoms with E-state index in [0.717, 1.165) is 0 Å². The Morgan fingerprint density at radius 1 is 1.23 bits per heavy atom. The molecule has 0 spiro atoms. The summed E-state index contributed by atoms with van der Waals surface area (Å²) < 4.78 is 16.4. The van der Waals surface area contributed by atoms with Gasteiger partial charge in [-0.05, 0) is 38.1 Å². The summed E-state index contributed by atoms with van der Waals surface area (Å²) in [7, 11) is 3.04. The summed E-state index contributed by atoms with van der Waals surface area (Å²) in [6.07, 6.45) is 1.68. The van der Waals surface area contributed by atoms with Crippen LogP contribution in [0.4, 0.5) is 11.4 Å². The monoisotopic (exact) mass is 410 g/mol. The van der Waals surface area contributed by atoms with Gasteiger partial charge in [0.2, 0.25) is 5.91 Å². The van der Waals surface area contributed by atoms with Crippen LogP contribution in [0, 0.1) is 5.41 Å². The largest absolute Gasteiger partial charge is 0.497 e. The van der Waals surface area contributed by atoms with Crippen molar-refractivity contribution in [3.63, 3.8) is 0 Å². The standard InChI is InChI=1S/C23H26N2O5/c1-6-11-25-18-10-7-15(12-20(18)30-14-23(2,3)22(25)27)24-21(26)17-9-8-16(28-4)13-19(17)29-5/h6-10,12-13H,1,11,14H2,2-5H3,(H,24,26). The zero-order chi connectivity index (χ0) is 21.9. The number of rotatable bonds is 6. The van der Waals surface area contributed by atoms with Crippen molar-refractivity contribution >= 4 is 23.2 Å². The Bertz CT molecular complexity index is 984. The van der Waals surface area contributed by atoms with E-state index < -0.39 is 5.41 Å². The van der Waals surface area contributed by atoms with Crippen LogP contribution in [0.5, 0.6) is 17.2 Å². The minimum absolute atomic E-state index is 0.0408. The first-order valence-electron chi connectivity index (χ1n) is 9.54. The Morgan fingerprint density at radius 2 is 2.00 bits per heavy atom. The number of nitrogens with one attached hydrogen (secondary N) is 1. The molecule has 2 aromatic rings. The Hall–Kier alpha value is -3.48. The average Bonchev–Trinajstić information content (AvgIpc) is 2.83. The maximum absolute atomic E-state index is 12.9. The summed E-state index contributed by atoms with van der Waals surface area (Å²) in [5.41, 5.74) is 0.883. The van der Waals surface area contributed by atoms with Gasteiger partial charge in [0.1, 0.15) is 23.9 Å². The van der Waals surface area contributed by atoms with E-state index in [0.29, 0.717) is 40.7 Å². The smallest absolute Gasteiger partial charge is 0.259 e. The van der Waals surface area contributed by atoms with Gasteiger partial charge in [-0.25, -0.2) is 0 Å². The SMILES string of the molecule is C=CCN1C(=O)C(C)(C)COc2cc(NC(=O)c3ccc(OC)cc3OC)ccc21. The van der Waals surface area contributed by atoms with E-state index >= 15 is 0 Å². The van der Waals surface area contributed by atoms with Crippen LogP contribution in [0.25, 0.3) is 0 Å². The molecule has 30 heavy (non-hydrogen) atoms. The van der Waals surface area contributed by atoms with Crippen molar-refractivity contribution in [1.82, 2.24) is 0 Å². The van der Waals surface area contributed by atoms with Crippen molar-refractivity contribution in [2.75, 3.05) is 37.6 Å². The number of hydrogen-bond acceptors (Lipinski definition) is 5. The van der Waals surface area contributed by atoms with Gasteiger partial charge < -0.3 is 24.4 Å². The van der Waals surface area contributed by atoms with Gasteiger partial charge in [-0.1, -0.05) is 6.08 Å². The number of ether oxygens (including phenoxy) is 3. The number of anilines is 2. The second-order valence-corrected chi connectivity index (χ2v) is 7.58. The summed E-state index contributed by atoms with van der Waals surface area (Å²) in [5, 5.41) is 2.86. The van der Waals surface area contributed by atoms with Crippen LogP contribution in [0.15, 0.2) is 49.1 Å². The predicted octanol–water partition coefficient (Wildman–Crippen LogP) is 3.89. The van der Waals surface area contributed by atoms with Gasteiger partial charge >= 0.3 is 0 Å². The van der Waals surface area contributed by atoms with Crippen molar-refractivity contribution in [3.8, 4) is 17.2 Å². The molecular weight excluding hydrogens is 384 g/mol. The van der Waals surface area contributed by atoms with Gasteiger partial charge in [0.25, 0.3) is 5.91 Å². The molecule has 0 aliphatic carbocycles. The van der Waals surface area contributed by atoms with E-state index in [9.17, 15) is 9.59 Å². The minimum Gasteiger partial charge on any atom is -0.497 e. The van der Waals surface area contributed by atoms with Crippen LogP contribution < -0.4 is 24.4 Å². The van der Waals surface area contributed by atoms with E-state index in [2.05, 4.69) is 11.9 Å². The number of benzene rings is 2. The molecule has 0 atom stereocenters. The topological polar surface area (TPSA) is 77.1 Å². The Morgan fingerprint density at radius 3 is 2.67 bits per heavy atom. The summed E-state index contributed by atoms with van der Waals surface area (Å²) >= 11 is 0. The molecule has 1 aliphatic rings. The van der Waals surface area contributed by atoms with E-state index in [4.69, 9.17) is 14.2 Å². The van der Waals surface area contributed by atoms with Crippen molar-refractivity contribution in [3.05, 3.63) is 54.6 Å². The highest BCUT2D eigenvalue weighted by Gasteiger charge is 2.37. The summed E-state index contributed by atoms with van der Waals surface area (Å²) in [6.45, 7) is 8.03. The summed E-state index contributed by atoms with van der Waals surface area (Å²) in [4.78, 5) is 27.3. The molecule has 0 saturated carbocycles. The fourth-order valence-corrected chi connectivity index (χ4v) is 3.22. The maximum Gasteiger partial charge on any atom is 0.259 e. The molecule has 7 nitrogen and oxygen atoms in total. The number of carbonyl (C=O) groups excluding carboxylic acids is 2. The molecule has 0 aromatic heterocycles. The van der Waals surface area contributed by atoms with E-state index in [1.165, 1.54) is 7.11 Å².